The summed E-state index contributed by atoms with van der Waals surface area (Å²) in [6.07, 6.45) is 1.72. The van der Waals surface area contributed by atoms with Crippen LogP contribution < -0.4 is 19.1 Å². The number of amides is 2. The van der Waals surface area contributed by atoms with Crippen molar-refractivity contribution in [3.63, 3.8) is 0 Å². The van der Waals surface area contributed by atoms with Gasteiger partial charge in [0.25, 0.3) is 0 Å². The molecule has 36 heavy (non-hydrogen) atoms. The van der Waals surface area contributed by atoms with E-state index in [9.17, 15) is 18.0 Å². The summed E-state index contributed by atoms with van der Waals surface area (Å²) in [5.41, 5.74) is 0.875. The van der Waals surface area contributed by atoms with Crippen LogP contribution in [0.1, 0.15) is 32.8 Å². The van der Waals surface area contributed by atoms with Gasteiger partial charge in [-0.3, -0.25) is 13.9 Å². The van der Waals surface area contributed by atoms with Crippen LogP contribution in [-0.2, 0) is 26.2 Å². The number of anilines is 1. The Morgan fingerprint density at radius 2 is 1.69 bits per heavy atom. The zero-order valence-electron chi connectivity index (χ0n) is 21.4. The first-order valence-corrected chi connectivity index (χ1v) is 13.7. The molecule has 2 aromatic rings. The third-order valence-corrected chi connectivity index (χ3v) is 7.13. The van der Waals surface area contributed by atoms with Gasteiger partial charge in [0.2, 0.25) is 21.8 Å². The van der Waals surface area contributed by atoms with Crippen LogP contribution in [0, 0.1) is 0 Å². The van der Waals surface area contributed by atoms with Crippen molar-refractivity contribution in [2.75, 3.05) is 31.3 Å². The number of carbonyl (C=O) groups is 2. The molecule has 2 rings (SSSR count). The minimum Gasteiger partial charge on any atom is -0.497 e. The van der Waals surface area contributed by atoms with Gasteiger partial charge in [0, 0.05) is 17.6 Å². The molecule has 0 spiro atoms. The summed E-state index contributed by atoms with van der Waals surface area (Å²) in [6.45, 7) is 4.97. The van der Waals surface area contributed by atoms with Gasteiger partial charge in [0.1, 0.15) is 24.1 Å². The van der Waals surface area contributed by atoms with E-state index < -0.39 is 28.5 Å². The standard InChI is InChI=1S/C25H34ClN3O6S/c1-7-17(2)27-25(31)18(3)28(15-19-8-11-21(34-4)12-9-19)24(30)16-29(36(6,32)33)22-14-20(26)10-13-23(22)35-5/h8-14,17-18H,7,15-16H2,1-6H3,(H,27,31)/t17-,18-/m1/s1. The molecular formula is C25H34ClN3O6S. The highest BCUT2D eigenvalue weighted by molar-refractivity contribution is 7.92. The lowest BCUT2D eigenvalue weighted by molar-refractivity contribution is -0.139. The Hall–Kier alpha value is -2.98. The zero-order chi connectivity index (χ0) is 27.0. The normalized spacial score (nSPS) is 12.9. The average Bonchev–Trinajstić information content (AvgIpc) is 2.84. The summed E-state index contributed by atoms with van der Waals surface area (Å²) in [6, 6.07) is 10.6. The molecule has 0 aliphatic heterocycles. The fourth-order valence-electron chi connectivity index (χ4n) is 3.43. The van der Waals surface area contributed by atoms with Gasteiger partial charge in [0.15, 0.2) is 0 Å². The first-order valence-electron chi connectivity index (χ1n) is 11.4. The van der Waals surface area contributed by atoms with Gasteiger partial charge in [-0.25, -0.2) is 8.42 Å². The molecule has 2 aromatic carbocycles. The number of hydrogen-bond donors (Lipinski definition) is 1. The second-order valence-corrected chi connectivity index (χ2v) is 10.8. The van der Waals surface area contributed by atoms with Crippen molar-refractivity contribution >= 4 is 39.1 Å². The third kappa shape index (κ3) is 7.76. The van der Waals surface area contributed by atoms with Crippen LogP contribution in [0.5, 0.6) is 11.5 Å². The molecule has 2 atom stereocenters. The van der Waals surface area contributed by atoms with E-state index in [2.05, 4.69) is 5.32 Å². The molecule has 0 aliphatic rings. The number of nitrogens with one attached hydrogen (secondary N) is 1. The van der Waals surface area contributed by atoms with Gasteiger partial charge in [-0.05, 0) is 56.2 Å². The highest BCUT2D eigenvalue weighted by Gasteiger charge is 2.31. The molecule has 0 fully saturated rings. The SMILES string of the molecule is CC[C@@H](C)NC(=O)[C@@H](C)N(Cc1ccc(OC)cc1)C(=O)CN(c1cc(Cl)ccc1OC)S(C)(=O)=O. The average molecular weight is 540 g/mol. The number of carbonyl (C=O) groups excluding carboxylic acids is 2. The predicted molar refractivity (Wildman–Crippen MR) is 141 cm³/mol. The van der Waals surface area contributed by atoms with E-state index in [1.165, 1.54) is 24.1 Å². The predicted octanol–water partition coefficient (Wildman–Crippen LogP) is 3.46. The fraction of sp³-hybridized carbons (Fsp3) is 0.440. The van der Waals surface area contributed by atoms with Crippen LogP contribution in [-0.4, -0.2) is 64.2 Å². The van der Waals surface area contributed by atoms with Crippen molar-refractivity contribution < 1.29 is 27.5 Å². The molecule has 0 radical (unpaired) electrons. The maximum Gasteiger partial charge on any atom is 0.244 e. The largest absolute Gasteiger partial charge is 0.497 e. The molecule has 0 bridgehead atoms. The van der Waals surface area contributed by atoms with Crippen molar-refractivity contribution in [1.29, 1.82) is 0 Å². The summed E-state index contributed by atoms with van der Waals surface area (Å²) in [4.78, 5) is 27.9. The smallest absolute Gasteiger partial charge is 0.244 e. The molecule has 0 aliphatic carbocycles. The third-order valence-electron chi connectivity index (χ3n) is 5.77. The highest BCUT2D eigenvalue weighted by atomic mass is 35.5. The maximum absolute atomic E-state index is 13.6. The first-order chi connectivity index (χ1) is 16.9. The Morgan fingerprint density at radius 1 is 1.06 bits per heavy atom. The van der Waals surface area contributed by atoms with E-state index in [-0.39, 0.29) is 35.0 Å². The topological polar surface area (TPSA) is 105 Å². The lowest BCUT2D eigenvalue weighted by Gasteiger charge is -2.32. The van der Waals surface area contributed by atoms with Crippen LogP contribution in [0.4, 0.5) is 5.69 Å². The molecule has 0 saturated heterocycles. The zero-order valence-corrected chi connectivity index (χ0v) is 23.0. The molecule has 2 amide bonds. The Bertz CT molecular complexity index is 1160. The molecule has 1 N–H and O–H groups in total. The molecule has 9 nitrogen and oxygen atoms in total. The molecule has 198 valence electrons. The van der Waals surface area contributed by atoms with Crippen LogP contribution in [0.25, 0.3) is 0 Å². The first kappa shape index (κ1) is 29.3. The number of rotatable bonds is 12. The number of benzene rings is 2. The van der Waals surface area contributed by atoms with E-state index >= 15 is 0 Å². The Labute approximate surface area is 218 Å². The lowest BCUT2D eigenvalue weighted by Crippen LogP contribution is -2.52. The number of sulfonamides is 1. The summed E-state index contributed by atoms with van der Waals surface area (Å²) in [5.74, 6) is -0.0140. The van der Waals surface area contributed by atoms with Gasteiger partial charge in [-0.2, -0.15) is 0 Å². The minimum absolute atomic E-state index is 0.0823. The summed E-state index contributed by atoms with van der Waals surface area (Å²) in [7, 11) is -0.970. The second-order valence-electron chi connectivity index (χ2n) is 8.45. The molecule has 0 saturated carbocycles. The van der Waals surface area contributed by atoms with Gasteiger partial charge in [-0.15, -0.1) is 0 Å². The van der Waals surface area contributed by atoms with Crippen molar-refractivity contribution in [3.8, 4) is 11.5 Å². The van der Waals surface area contributed by atoms with E-state index in [4.69, 9.17) is 21.1 Å². The quantitative estimate of drug-likeness (QED) is 0.443. The Kier molecular flexibility index (Phi) is 10.4. The van der Waals surface area contributed by atoms with E-state index in [1.807, 2.05) is 13.8 Å². The summed E-state index contributed by atoms with van der Waals surface area (Å²) in [5, 5.41) is 3.17. The van der Waals surface area contributed by atoms with Crippen molar-refractivity contribution in [2.24, 2.45) is 0 Å². The van der Waals surface area contributed by atoms with Crippen molar-refractivity contribution in [2.45, 2.75) is 45.8 Å². The van der Waals surface area contributed by atoms with E-state index in [1.54, 1.807) is 44.4 Å². The second kappa shape index (κ2) is 12.8. The van der Waals surface area contributed by atoms with Gasteiger partial charge >= 0.3 is 0 Å². The number of nitrogens with zero attached hydrogens (tertiary/aromatic N) is 2. The summed E-state index contributed by atoms with van der Waals surface area (Å²) < 4.78 is 36.9. The van der Waals surface area contributed by atoms with Gasteiger partial charge in [0.05, 0.1) is 26.2 Å². The van der Waals surface area contributed by atoms with Crippen LogP contribution in [0.2, 0.25) is 5.02 Å². The molecule has 0 heterocycles. The number of methoxy groups -OCH3 is 2. The van der Waals surface area contributed by atoms with Crippen molar-refractivity contribution in [1.82, 2.24) is 10.2 Å². The molecule has 0 unspecified atom stereocenters. The Balaban J connectivity index is 2.45. The van der Waals surface area contributed by atoms with Crippen LogP contribution in [0.15, 0.2) is 42.5 Å². The molecule has 0 aromatic heterocycles. The van der Waals surface area contributed by atoms with Crippen LogP contribution in [0.3, 0.4) is 0 Å². The number of halogens is 1. The number of hydrogen-bond acceptors (Lipinski definition) is 6. The van der Waals surface area contributed by atoms with Crippen LogP contribution >= 0.6 is 11.6 Å². The fourth-order valence-corrected chi connectivity index (χ4v) is 4.44. The van der Waals surface area contributed by atoms with Gasteiger partial charge < -0.3 is 19.7 Å². The Morgan fingerprint density at radius 3 is 2.22 bits per heavy atom. The summed E-state index contributed by atoms with van der Waals surface area (Å²) >= 11 is 6.12. The van der Waals surface area contributed by atoms with Gasteiger partial charge in [-0.1, -0.05) is 30.7 Å². The number of ether oxygens (including phenoxy) is 2. The van der Waals surface area contributed by atoms with E-state index in [0.717, 1.165) is 22.5 Å². The highest BCUT2D eigenvalue weighted by Crippen LogP contribution is 2.33. The lowest BCUT2D eigenvalue weighted by atomic mass is 10.1. The molecular weight excluding hydrogens is 506 g/mol. The molecule has 11 heteroatoms. The minimum atomic E-state index is -3.92. The van der Waals surface area contributed by atoms with Crippen molar-refractivity contribution in [3.05, 3.63) is 53.1 Å². The maximum atomic E-state index is 13.6. The van der Waals surface area contributed by atoms with E-state index in [0.29, 0.717) is 5.75 Å². The monoisotopic (exact) mass is 539 g/mol.